The minimum atomic E-state index is -4.52. The first-order chi connectivity index (χ1) is 12.5. The van der Waals surface area contributed by atoms with Crippen LogP contribution in [0.3, 0.4) is 0 Å². The van der Waals surface area contributed by atoms with Crippen LogP contribution in [0.15, 0.2) is 6.20 Å². The monoisotopic (exact) mass is 420 g/mol. The molecule has 0 saturated heterocycles. The number of rotatable bonds is 7. The fourth-order valence-electron chi connectivity index (χ4n) is 2.86. The first-order valence-electron chi connectivity index (χ1n) is 9.02. The Kier molecular flexibility index (Phi) is 5.74. The van der Waals surface area contributed by atoms with E-state index in [9.17, 15) is 13.2 Å². The van der Waals surface area contributed by atoms with Gasteiger partial charge in [0.05, 0.1) is 10.9 Å². The number of alkyl halides is 3. The van der Waals surface area contributed by atoms with Crippen LogP contribution in [0, 0.1) is 0 Å². The van der Waals surface area contributed by atoms with Crippen molar-refractivity contribution in [3.63, 3.8) is 0 Å². The van der Waals surface area contributed by atoms with Crippen molar-refractivity contribution in [3.05, 3.63) is 17.0 Å². The van der Waals surface area contributed by atoms with E-state index < -0.39 is 19.8 Å². The molecule has 3 rings (SSSR count). The van der Waals surface area contributed by atoms with E-state index in [1.807, 2.05) is 0 Å². The number of anilines is 1. The molecule has 1 fully saturated rings. The van der Waals surface area contributed by atoms with Crippen LogP contribution in [0.2, 0.25) is 31.0 Å². The second kappa shape index (κ2) is 7.60. The normalized spacial score (nSPS) is 16.0. The van der Waals surface area contributed by atoms with Crippen molar-refractivity contribution in [3.8, 4) is 0 Å². The third-order valence-electron chi connectivity index (χ3n) is 4.67. The molecular weight excluding hydrogens is 397 g/mol. The molecule has 0 aliphatic heterocycles. The largest absolute Gasteiger partial charge is 0.418 e. The molecule has 150 valence electrons. The molecule has 0 atom stereocenters. The van der Waals surface area contributed by atoms with E-state index in [0.717, 1.165) is 31.5 Å². The summed E-state index contributed by atoms with van der Waals surface area (Å²) in [4.78, 5) is 8.09. The van der Waals surface area contributed by atoms with E-state index in [0.29, 0.717) is 6.61 Å². The Balaban J connectivity index is 1.94. The van der Waals surface area contributed by atoms with Crippen LogP contribution in [-0.2, 0) is 17.6 Å². The van der Waals surface area contributed by atoms with Gasteiger partial charge >= 0.3 is 6.18 Å². The predicted molar refractivity (Wildman–Crippen MR) is 103 cm³/mol. The summed E-state index contributed by atoms with van der Waals surface area (Å²) in [5.74, 6) is 0.142. The van der Waals surface area contributed by atoms with E-state index in [4.69, 9.17) is 16.3 Å². The highest BCUT2D eigenvalue weighted by Crippen LogP contribution is 2.39. The summed E-state index contributed by atoms with van der Waals surface area (Å²) in [6, 6.07) is 1.05. The number of hydrogen-bond acceptors (Lipinski definition) is 4. The Labute approximate surface area is 162 Å². The molecule has 5 nitrogen and oxygen atoms in total. The van der Waals surface area contributed by atoms with Crippen molar-refractivity contribution in [2.75, 3.05) is 11.9 Å². The lowest BCUT2D eigenvalue weighted by Gasteiger charge is -2.27. The lowest BCUT2D eigenvalue weighted by atomic mass is 9.93. The fraction of sp³-hybridized carbons (Fsp3) is 0.647. The molecule has 0 aromatic carbocycles. The molecule has 1 aliphatic carbocycles. The lowest BCUT2D eigenvalue weighted by Crippen LogP contribution is -2.27. The highest BCUT2D eigenvalue weighted by molar-refractivity contribution is 6.76. The quantitative estimate of drug-likeness (QED) is 0.371. The van der Waals surface area contributed by atoms with Crippen molar-refractivity contribution in [1.82, 2.24) is 14.5 Å². The summed E-state index contributed by atoms with van der Waals surface area (Å²) in [7, 11) is -1.28. The maximum Gasteiger partial charge on any atom is 0.418 e. The molecule has 2 aromatic heterocycles. The summed E-state index contributed by atoms with van der Waals surface area (Å²) in [5, 5.41) is 2.96. The topological polar surface area (TPSA) is 52.0 Å². The predicted octanol–water partition coefficient (Wildman–Crippen LogP) is 5.38. The maximum absolute atomic E-state index is 13.6. The minimum Gasteiger partial charge on any atom is -0.367 e. The SMILES string of the molecule is C[Si](C)(C)CCOCn1cc(C(F)(F)F)c2c(NC3CCC3)nc(Cl)nc21. The van der Waals surface area contributed by atoms with E-state index >= 15 is 0 Å². The van der Waals surface area contributed by atoms with Crippen molar-refractivity contribution in [2.24, 2.45) is 0 Å². The second-order valence-corrected chi connectivity index (χ2v) is 14.1. The van der Waals surface area contributed by atoms with Gasteiger partial charge in [-0.15, -0.1) is 0 Å². The summed E-state index contributed by atoms with van der Waals surface area (Å²) >= 11 is 5.99. The van der Waals surface area contributed by atoms with Crippen LogP contribution in [0.25, 0.3) is 11.0 Å². The Morgan fingerprint density at radius 2 is 2.00 bits per heavy atom. The van der Waals surface area contributed by atoms with Crippen molar-refractivity contribution in [2.45, 2.75) is 63.9 Å². The van der Waals surface area contributed by atoms with Gasteiger partial charge in [0, 0.05) is 26.9 Å². The maximum atomic E-state index is 13.6. The zero-order valence-electron chi connectivity index (χ0n) is 15.7. The van der Waals surface area contributed by atoms with Crippen LogP contribution in [0.5, 0.6) is 0 Å². The van der Waals surface area contributed by atoms with Gasteiger partial charge in [-0.25, -0.2) is 4.98 Å². The summed E-state index contributed by atoms with van der Waals surface area (Å²) in [5.41, 5.74) is -0.637. The number of ether oxygens (including phenoxy) is 1. The van der Waals surface area contributed by atoms with Gasteiger partial charge in [0.25, 0.3) is 0 Å². The molecule has 0 bridgehead atoms. The number of hydrogen-bond donors (Lipinski definition) is 1. The fourth-order valence-corrected chi connectivity index (χ4v) is 3.79. The van der Waals surface area contributed by atoms with Crippen LogP contribution >= 0.6 is 11.6 Å². The van der Waals surface area contributed by atoms with Gasteiger partial charge in [0.2, 0.25) is 5.28 Å². The molecule has 0 unspecified atom stereocenters. The number of fused-ring (bicyclic) bond motifs is 1. The van der Waals surface area contributed by atoms with Gasteiger partial charge in [0.15, 0.2) is 0 Å². The summed E-state index contributed by atoms with van der Waals surface area (Å²) in [6.07, 6.45) is -0.612. The van der Waals surface area contributed by atoms with Gasteiger partial charge in [-0.1, -0.05) is 19.6 Å². The zero-order valence-corrected chi connectivity index (χ0v) is 17.4. The average molecular weight is 421 g/mol. The first-order valence-corrected chi connectivity index (χ1v) is 13.1. The Morgan fingerprint density at radius 1 is 1.30 bits per heavy atom. The molecule has 2 heterocycles. The van der Waals surface area contributed by atoms with E-state index in [2.05, 4.69) is 34.9 Å². The van der Waals surface area contributed by atoms with Crippen molar-refractivity contribution < 1.29 is 17.9 Å². The Bertz CT molecular complexity index is 815. The molecule has 10 heteroatoms. The zero-order chi connectivity index (χ0) is 19.8. The average Bonchev–Trinajstić information content (AvgIpc) is 2.85. The van der Waals surface area contributed by atoms with Crippen molar-refractivity contribution in [1.29, 1.82) is 0 Å². The third kappa shape index (κ3) is 4.94. The summed E-state index contributed by atoms with van der Waals surface area (Å²) < 4.78 is 47.9. The first kappa shape index (κ1) is 20.4. The van der Waals surface area contributed by atoms with Crippen LogP contribution in [0.1, 0.15) is 24.8 Å². The highest BCUT2D eigenvalue weighted by Gasteiger charge is 2.37. The molecule has 1 N–H and O–H groups in total. The summed E-state index contributed by atoms with van der Waals surface area (Å²) in [6.45, 7) is 7.15. The molecule has 2 aromatic rings. The number of aromatic nitrogens is 3. The van der Waals surface area contributed by atoms with Crippen molar-refractivity contribution >= 4 is 36.5 Å². The van der Waals surface area contributed by atoms with E-state index in [-0.39, 0.29) is 34.9 Å². The Morgan fingerprint density at radius 3 is 2.56 bits per heavy atom. The Hall–Kier alpha value is -1.32. The minimum absolute atomic E-state index is 0.00668. The number of nitrogens with zero attached hydrogens (tertiary/aromatic N) is 3. The third-order valence-corrected chi connectivity index (χ3v) is 6.54. The van der Waals surface area contributed by atoms with E-state index in [1.165, 1.54) is 4.57 Å². The van der Waals surface area contributed by atoms with Gasteiger partial charge in [-0.3, -0.25) is 0 Å². The number of nitrogens with one attached hydrogen (secondary N) is 1. The van der Waals surface area contributed by atoms with Crippen LogP contribution < -0.4 is 5.32 Å². The van der Waals surface area contributed by atoms with Gasteiger partial charge < -0.3 is 14.6 Å². The lowest BCUT2D eigenvalue weighted by molar-refractivity contribution is -0.136. The molecule has 0 radical (unpaired) electrons. The van der Waals surface area contributed by atoms with Crippen LogP contribution in [-0.4, -0.2) is 35.3 Å². The molecule has 0 spiro atoms. The smallest absolute Gasteiger partial charge is 0.367 e. The van der Waals surface area contributed by atoms with Crippen LogP contribution in [0.4, 0.5) is 19.0 Å². The molecule has 1 saturated carbocycles. The second-order valence-electron chi connectivity index (χ2n) is 8.17. The number of halogens is 4. The molecule has 1 aliphatic rings. The standard InChI is InChI=1S/C17H24ClF3N4OSi/c1-27(2,3)8-7-26-10-25-9-12(17(19,20)21)13-14(22-11-5-4-6-11)23-16(18)24-15(13)25/h9,11H,4-8,10H2,1-3H3,(H,22,23,24). The van der Waals surface area contributed by atoms with E-state index in [1.54, 1.807) is 0 Å². The highest BCUT2D eigenvalue weighted by atomic mass is 35.5. The molecule has 27 heavy (non-hydrogen) atoms. The van der Waals surface area contributed by atoms with Gasteiger partial charge in [0.1, 0.15) is 18.2 Å². The van der Waals surface area contributed by atoms with Gasteiger partial charge in [-0.05, 0) is 36.9 Å². The molecular formula is C17H24ClF3N4OSi. The molecule has 0 amide bonds. The van der Waals surface area contributed by atoms with Gasteiger partial charge in [-0.2, -0.15) is 18.2 Å².